The number of H-pyrrole nitrogens is 1. The van der Waals surface area contributed by atoms with E-state index in [-0.39, 0.29) is 5.91 Å². The van der Waals surface area contributed by atoms with Gasteiger partial charge in [-0.2, -0.15) is 5.10 Å². The lowest BCUT2D eigenvalue weighted by Gasteiger charge is -2.05. The van der Waals surface area contributed by atoms with Crippen LogP contribution in [-0.2, 0) is 11.2 Å². The third kappa shape index (κ3) is 4.17. The number of benzene rings is 2. The van der Waals surface area contributed by atoms with E-state index in [1.807, 2.05) is 73.7 Å². The Hall–Kier alpha value is -3.67. The summed E-state index contributed by atoms with van der Waals surface area (Å²) in [6, 6.07) is 21.2. The number of carbonyl (C=O) groups excluding carboxylic acids is 1. The average molecular weight is 372 g/mol. The van der Waals surface area contributed by atoms with Gasteiger partial charge in [0.15, 0.2) is 5.82 Å². The van der Waals surface area contributed by atoms with E-state index in [9.17, 15) is 4.79 Å². The standard InChI is InChI=1S/C22H20N4O2/c1-15-23-22(26-25-15)17-7-9-18(10-8-17)24-21(27)14-12-19-11-13-20(28-19)16-5-3-2-4-6-16/h2-11,13H,12,14H2,1H3,(H,24,27)(H,23,25,26). The van der Waals surface area contributed by atoms with E-state index in [2.05, 4.69) is 20.5 Å². The number of nitrogens with zero attached hydrogens (tertiary/aromatic N) is 2. The zero-order valence-corrected chi connectivity index (χ0v) is 15.5. The molecular weight excluding hydrogens is 352 g/mol. The molecular formula is C22H20N4O2. The molecule has 0 unspecified atom stereocenters. The highest BCUT2D eigenvalue weighted by atomic mass is 16.3. The summed E-state index contributed by atoms with van der Waals surface area (Å²) in [5.74, 6) is 2.96. The molecule has 28 heavy (non-hydrogen) atoms. The molecule has 2 aromatic heterocycles. The van der Waals surface area contributed by atoms with Crippen LogP contribution in [0, 0.1) is 6.92 Å². The number of aryl methyl sites for hydroxylation is 2. The number of carbonyl (C=O) groups is 1. The van der Waals surface area contributed by atoms with Gasteiger partial charge in [-0.1, -0.05) is 30.3 Å². The fraction of sp³-hybridized carbons (Fsp3) is 0.136. The van der Waals surface area contributed by atoms with Crippen molar-refractivity contribution in [2.45, 2.75) is 19.8 Å². The smallest absolute Gasteiger partial charge is 0.224 e. The molecule has 4 rings (SSSR count). The van der Waals surface area contributed by atoms with Crippen LogP contribution in [0.3, 0.4) is 0 Å². The van der Waals surface area contributed by atoms with E-state index in [1.165, 1.54) is 0 Å². The Balaban J connectivity index is 1.32. The summed E-state index contributed by atoms with van der Waals surface area (Å²) in [5.41, 5.74) is 2.66. The molecule has 0 spiro atoms. The van der Waals surface area contributed by atoms with Gasteiger partial charge < -0.3 is 9.73 Å². The molecule has 0 fully saturated rings. The van der Waals surface area contributed by atoms with Crippen LogP contribution in [0.15, 0.2) is 71.1 Å². The molecule has 0 aliphatic heterocycles. The lowest BCUT2D eigenvalue weighted by Crippen LogP contribution is -2.12. The molecule has 0 aliphatic rings. The molecule has 0 saturated carbocycles. The molecule has 6 heteroatoms. The molecule has 6 nitrogen and oxygen atoms in total. The maximum absolute atomic E-state index is 12.2. The summed E-state index contributed by atoms with van der Waals surface area (Å²) in [6.45, 7) is 1.85. The van der Waals surface area contributed by atoms with Crippen molar-refractivity contribution >= 4 is 11.6 Å². The molecule has 2 heterocycles. The number of amides is 1. The van der Waals surface area contributed by atoms with Crippen molar-refractivity contribution < 1.29 is 9.21 Å². The number of anilines is 1. The van der Waals surface area contributed by atoms with Crippen LogP contribution in [0.4, 0.5) is 5.69 Å². The first-order valence-electron chi connectivity index (χ1n) is 9.11. The van der Waals surface area contributed by atoms with Gasteiger partial charge in [0.25, 0.3) is 0 Å². The predicted molar refractivity (Wildman–Crippen MR) is 108 cm³/mol. The first-order valence-corrected chi connectivity index (χ1v) is 9.11. The normalized spacial score (nSPS) is 10.8. The molecule has 4 aromatic rings. The second-order valence-corrected chi connectivity index (χ2v) is 6.50. The van der Waals surface area contributed by atoms with Crippen LogP contribution in [0.25, 0.3) is 22.7 Å². The van der Waals surface area contributed by atoms with Crippen molar-refractivity contribution in [3.05, 3.63) is 78.3 Å². The molecule has 0 atom stereocenters. The van der Waals surface area contributed by atoms with E-state index in [0.717, 1.165) is 34.2 Å². The van der Waals surface area contributed by atoms with Crippen molar-refractivity contribution in [1.29, 1.82) is 0 Å². The fourth-order valence-corrected chi connectivity index (χ4v) is 2.90. The predicted octanol–water partition coefficient (Wildman–Crippen LogP) is 4.61. The van der Waals surface area contributed by atoms with Gasteiger partial charge in [-0.15, -0.1) is 0 Å². The summed E-state index contributed by atoms with van der Waals surface area (Å²) in [4.78, 5) is 16.5. The minimum Gasteiger partial charge on any atom is -0.461 e. The Labute approximate surface area is 162 Å². The molecule has 2 aromatic carbocycles. The summed E-state index contributed by atoms with van der Waals surface area (Å²) in [7, 11) is 0. The van der Waals surface area contributed by atoms with Crippen molar-refractivity contribution in [3.8, 4) is 22.7 Å². The van der Waals surface area contributed by atoms with E-state index in [0.29, 0.717) is 18.7 Å². The highest BCUT2D eigenvalue weighted by molar-refractivity contribution is 5.91. The van der Waals surface area contributed by atoms with Crippen molar-refractivity contribution in [3.63, 3.8) is 0 Å². The summed E-state index contributed by atoms with van der Waals surface area (Å²) in [5, 5.41) is 9.85. The molecule has 0 aliphatic carbocycles. The summed E-state index contributed by atoms with van der Waals surface area (Å²) >= 11 is 0. The quantitative estimate of drug-likeness (QED) is 0.518. The zero-order valence-electron chi connectivity index (χ0n) is 15.5. The number of aromatic amines is 1. The summed E-state index contributed by atoms with van der Waals surface area (Å²) in [6.07, 6.45) is 0.900. The maximum atomic E-state index is 12.2. The lowest BCUT2D eigenvalue weighted by atomic mass is 10.2. The minimum atomic E-state index is -0.0563. The van der Waals surface area contributed by atoms with Gasteiger partial charge in [-0.3, -0.25) is 9.89 Å². The van der Waals surface area contributed by atoms with Crippen molar-refractivity contribution in [2.24, 2.45) is 0 Å². The van der Waals surface area contributed by atoms with Gasteiger partial charge in [-0.25, -0.2) is 4.98 Å². The van der Waals surface area contributed by atoms with Gasteiger partial charge >= 0.3 is 0 Å². The van der Waals surface area contributed by atoms with Gasteiger partial charge in [0.1, 0.15) is 17.3 Å². The Kier molecular flexibility index (Phi) is 5.01. The Morgan fingerprint density at radius 3 is 2.50 bits per heavy atom. The van der Waals surface area contributed by atoms with Gasteiger partial charge in [0, 0.05) is 29.7 Å². The van der Waals surface area contributed by atoms with Crippen LogP contribution in [0.1, 0.15) is 18.0 Å². The maximum Gasteiger partial charge on any atom is 0.224 e. The van der Waals surface area contributed by atoms with Crippen molar-refractivity contribution in [2.75, 3.05) is 5.32 Å². The second-order valence-electron chi connectivity index (χ2n) is 6.50. The average Bonchev–Trinajstić information content (AvgIpc) is 3.37. The van der Waals surface area contributed by atoms with E-state index in [4.69, 9.17) is 4.42 Å². The molecule has 0 saturated heterocycles. The monoisotopic (exact) mass is 372 g/mol. The largest absolute Gasteiger partial charge is 0.461 e. The number of nitrogens with one attached hydrogen (secondary N) is 2. The van der Waals surface area contributed by atoms with E-state index < -0.39 is 0 Å². The molecule has 1 amide bonds. The zero-order chi connectivity index (χ0) is 19.3. The van der Waals surface area contributed by atoms with Crippen molar-refractivity contribution in [1.82, 2.24) is 15.2 Å². The molecule has 0 radical (unpaired) electrons. The Morgan fingerprint density at radius 2 is 1.79 bits per heavy atom. The van der Waals surface area contributed by atoms with Crippen LogP contribution >= 0.6 is 0 Å². The number of aromatic nitrogens is 3. The number of furan rings is 1. The SMILES string of the molecule is Cc1nc(-c2ccc(NC(=O)CCc3ccc(-c4ccccc4)o3)cc2)n[nH]1. The molecule has 2 N–H and O–H groups in total. The third-order valence-corrected chi connectivity index (χ3v) is 4.34. The minimum absolute atomic E-state index is 0.0563. The number of hydrogen-bond donors (Lipinski definition) is 2. The number of hydrogen-bond acceptors (Lipinski definition) is 4. The van der Waals surface area contributed by atoms with Gasteiger partial charge in [-0.05, 0) is 43.3 Å². The Bertz CT molecular complexity index is 1070. The fourth-order valence-electron chi connectivity index (χ4n) is 2.90. The molecule has 0 bridgehead atoms. The third-order valence-electron chi connectivity index (χ3n) is 4.34. The first kappa shape index (κ1) is 17.7. The topological polar surface area (TPSA) is 83.8 Å². The van der Waals surface area contributed by atoms with E-state index in [1.54, 1.807) is 0 Å². The van der Waals surface area contributed by atoms with Crippen LogP contribution < -0.4 is 5.32 Å². The molecule has 140 valence electrons. The highest BCUT2D eigenvalue weighted by Gasteiger charge is 2.09. The Morgan fingerprint density at radius 1 is 1.00 bits per heavy atom. The lowest BCUT2D eigenvalue weighted by molar-refractivity contribution is -0.116. The van der Waals surface area contributed by atoms with E-state index >= 15 is 0 Å². The van der Waals surface area contributed by atoms with Crippen LogP contribution in [0.2, 0.25) is 0 Å². The summed E-state index contributed by atoms with van der Waals surface area (Å²) < 4.78 is 5.84. The van der Waals surface area contributed by atoms with Gasteiger partial charge in [0.2, 0.25) is 5.91 Å². The first-order chi connectivity index (χ1) is 13.7. The van der Waals surface area contributed by atoms with Gasteiger partial charge in [0.05, 0.1) is 0 Å². The number of rotatable bonds is 6. The highest BCUT2D eigenvalue weighted by Crippen LogP contribution is 2.23. The van der Waals surface area contributed by atoms with Crippen LogP contribution in [0.5, 0.6) is 0 Å². The van der Waals surface area contributed by atoms with Crippen LogP contribution in [-0.4, -0.2) is 21.1 Å². The second kappa shape index (κ2) is 7.92.